The van der Waals surface area contributed by atoms with E-state index in [0.717, 1.165) is 25.2 Å². The monoisotopic (exact) mass is 237 g/mol. The predicted octanol–water partition coefficient (Wildman–Crippen LogP) is 2.24. The number of ether oxygens (including phenoxy) is 2. The second kappa shape index (κ2) is 7.30. The van der Waals surface area contributed by atoms with E-state index in [0.29, 0.717) is 5.92 Å². The summed E-state index contributed by atoms with van der Waals surface area (Å²) in [5, 5.41) is 0. The summed E-state index contributed by atoms with van der Waals surface area (Å²) >= 11 is 0. The van der Waals surface area contributed by atoms with Gasteiger partial charge in [0.05, 0.1) is 7.11 Å². The number of hydrogen-bond donors (Lipinski definition) is 1. The molecular weight excluding hydrogens is 214 g/mol. The molecule has 0 fully saturated rings. The Morgan fingerprint density at radius 3 is 2.71 bits per heavy atom. The maximum Gasteiger partial charge on any atom is 0.119 e. The van der Waals surface area contributed by atoms with Gasteiger partial charge < -0.3 is 15.2 Å². The van der Waals surface area contributed by atoms with Crippen molar-refractivity contribution in [3.05, 3.63) is 29.8 Å². The Hall–Kier alpha value is -1.06. The summed E-state index contributed by atoms with van der Waals surface area (Å²) in [6.07, 6.45) is 1.88. The van der Waals surface area contributed by atoms with Crippen LogP contribution in [0.1, 0.15) is 18.9 Å². The zero-order chi connectivity index (χ0) is 12.7. The molecule has 0 aliphatic heterocycles. The van der Waals surface area contributed by atoms with E-state index in [4.69, 9.17) is 15.2 Å². The third-order valence-corrected chi connectivity index (χ3v) is 3.11. The molecule has 3 nitrogen and oxygen atoms in total. The van der Waals surface area contributed by atoms with E-state index in [2.05, 4.69) is 13.0 Å². The highest BCUT2D eigenvalue weighted by Crippen LogP contribution is 2.16. The van der Waals surface area contributed by atoms with Crippen molar-refractivity contribution in [3.63, 3.8) is 0 Å². The number of methoxy groups -OCH3 is 2. The molecule has 0 aliphatic rings. The van der Waals surface area contributed by atoms with Crippen LogP contribution in [0.15, 0.2) is 24.3 Å². The lowest BCUT2D eigenvalue weighted by Crippen LogP contribution is -2.31. The standard InChI is InChI=1S/C14H23NO2/c1-11(7-8-16-2)14(15)10-12-5-4-6-13(9-12)17-3/h4-6,9,11,14H,7-8,10,15H2,1-3H3. The van der Waals surface area contributed by atoms with Crippen LogP contribution in [-0.4, -0.2) is 26.9 Å². The van der Waals surface area contributed by atoms with Crippen LogP contribution >= 0.6 is 0 Å². The number of rotatable bonds is 7. The Kier molecular flexibility index (Phi) is 6.01. The van der Waals surface area contributed by atoms with Crippen LogP contribution < -0.4 is 10.5 Å². The van der Waals surface area contributed by atoms with Crippen LogP contribution in [0.2, 0.25) is 0 Å². The van der Waals surface area contributed by atoms with E-state index in [1.165, 1.54) is 5.56 Å². The fourth-order valence-corrected chi connectivity index (χ4v) is 1.79. The van der Waals surface area contributed by atoms with Crippen LogP contribution in [0.4, 0.5) is 0 Å². The van der Waals surface area contributed by atoms with Crippen molar-refractivity contribution in [2.45, 2.75) is 25.8 Å². The first kappa shape index (κ1) is 14.0. The van der Waals surface area contributed by atoms with Crippen molar-refractivity contribution in [3.8, 4) is 5.75 Å². The first-order valence-corrected chi connectivity index (χ1v) is 6.04. The summed E-state index contributed by atoms with van der Waals surface area (Å²) in [7, 11) is 3.40. The summed E-state index contributed by atoms with van der Waals surface area (Å²) in [5.74, 6) is 1.35. The van der Waals surface area contributed by atoms with Gasteiger partial charge in [0.15, 0.2) is 0 Å². The first-order valence-electron chi connectivity index (χ1n) is 6.04. The highest BCUT2D eigenvalue weighted by molar-refractivity contribution is 5.28. The van der Waals surface area contributed by atoms with Gasteiger partial charge in [-0.1, -0.05) is 19.1 Å². The normalized spacial score (nSPS) is 14.4. The van der Waals surface area contributed by atoms with Crippen LogP contribution in [0.3, 0.4) is 0 Å². The lowest BCUT2D eigenvalue weighted by Gasteiger charge is -2.19. The maximum atomic E-state index is 6.19. The summed E-state index contributed by atoms with van der Waals surface area (Å²) in [5.41, 5.74) is 7.41. The Morgan fingerprint density at radius 2 is 2.06 bits per heavy atom. The Labute approximate surface area is 104 Å². The molecule has 0 bridgehead atoms. The Balaban J connectivity index is 2.51. The topological polar surface area (TPSA) is 44.5 Å². The molecule has 0 heterocycles. The maximum absolute atomic E-state index is 6.19. The van der Waals surface area contributed by atoms with Gasteiger partial charge in [-0.3, -0.25) is 0 Å². The van der Waals surface area contributed by atoms with Gasteiger partial charge in [0.25, 0.3) is 0 Å². The molecule has 0 aliphatic carbocycles. The van der Waals surface area contributed by atoms with E-state index in [1.54, 1.807) is 14.2 Å². The van der Waals surface area contributed by atoms with Gasteiger partial charge in [-0.05, 0) is 36.5 Å². The van der Waals surface area contributed by atoms with Crippen molar-refractivity contribution in [1.29, 1.82) is 0 Å². The molecule has 2 unspecified atom stereocenters. The minimum atomic E-state index is 0.164. The second-order valence-corrected chi connectivity index (χ2v) is 4.48. The molecule has 17 heavy (non-hydrogen) atoms. The molecule has 2 N–H and O–H groups in total. The number of nitrogens with two attached hydrogens (primary N) is 1. The van der Waals surface area contributed by atoms with Crippen LogP contribution in [0, 0.1) is 5.92 Å². The van der Waals surface area contributed by atoms with Crippen molar-refractivity contribution in [1.82, 2.24) is 0 Å². The molecule has 0 saturated heterocycles. The third-order valence-electron chi connectivity index (χ3n) is 3.11. The summed E-state index contributed by atoms with van der Waals surface area (Å²) < 4.78 is 10.3. The predicted molar refractivity (Wildman–Crippen MR) is 70.3 cm³/mol. The summed E-state index contributed by atoms with van der Waals surface area (Å²) in [6.45, 7) is 2.94. The van der Waals surface area contributed by atoms with E-state index in [-0.39, 0.29) is 6.04 Å². The molecule has 0 amide bonds. The van der Waals surface area contributed by atoms with Crippen LogP contribution in [0.25, 0.3) is 0 Å². The van der Waals surface area contributed by atoms with Gasteiger partial charge in [-0.15, -0.1) is 0 Å². The van der Waals surface area contributed by atoms with E-state index in [9.17, 15) is 0 Å². The van der Waals surface area contributed by atoms with Crippen LogP contribution in [-0.2, 0) is 11.2 Å². The molecule has 0 aromatic heterocycles. The molecule has 1 rings (SSSR count). The van der Waals surface area contributed by atoms with Gasteiger partial charge in [0, 0.05) is 19.8 Å². The zero-order valence-electron chi connectivity index (χ0n) is 11.0. The fourth-order valence-electron chi connectivity index (χ4n) is 1.79. The Morgan fingerprint density at radius 1 is 1.29 bits per heavy atom. The average molecular weight is 237 g/mol. The lowest BCUT2D eigenvalue weighted by atomic mass is 9.93. The molecule has 3 heteroatoms. The van der Waals surface area contributed by atoms with Crippen LogP contribution in [0.5, 0.6) is 5.75 Å². The molecule has 1 aromatic rings. The minimum Gasteiger partial charge on any atom is -0.497 e. The van der Waals surface area contributed by atoms with Crippen molar-refractivity contribution in [2.75, 3.05) is 20.8 Å². The lowest BCUT2D eigenvalue weighted by molar-refractivity contribution is 0.174. The van der Waals surface area contributed by atoms with E-state index < -0.39 is 0 Å². The van der Waals surface area contributed by atoms with Gasteiger partial charge in [0.2, 0.25) is 0 Å². The first-order chi connectivity index (χ1) is 8.17. The van der Waals surface area contributed by atoms with Crippen molar-refractivity contribution < 1.29 is 9.47 Å². The van der Waals surface area contributed by atoms with Gasteiger partial charge in [-0.2, -0.15) is 0 Å². The third kappa shape index (κ3) is 4.75. The minimum absolute atomic E-state index is 0.164. The smallest absolute Gasteiger partial charge is 0.119 e. The van der Waals surface area contributed by atoms with Gasteiger partial charge in [-0.25, -0.2) is 0 Å². The Bertz CT molecular complexity index is 328. The second-order valence-electron chi connectivity index (χ2n) is 4.48. The highest BCUT2D eigenvalue weighted by Gasteiger charge is 2.13. The SMILES string of the molecule is COCCC(C)C(N)Cc1cccc(OC)c1. The fraction of sp³-hybridized carbons (Fsp3) is 0.571. The van der Waals surface area contributed by atoms with Gasteiger partial charge >= 0.3 is 0 Å². The van der Waals surface area contributed by atoms with Crippen molar-refractivity contribution in [2.24, 2.45) is 11.7 Å². The van der Waals surface area contributed by atoms with Gasteiger partial charge in [0.1, 0.15) is 5.75 Å². The molecule has 0 saturated carbocycles. The van der Waals surface area contributed by atoms with E-state index >= 15 is 0 Å². The molecular formula is C14H23NO2. The van der Waals surface area contributed by atoms with E-state index in [1.807, 2.05) is 18.2 Å². The quantitative estimate of drug-likeness (QED) is 0.791. The molecule has 0 spiro atoms. The zero-order valence-corrected chi connectivity index (χ0v) is 11.0. The molecule has 2 atom stereocenters. The molecule has 96 valence electrons. The van der Waals surface area contributed by atoms with Crippen molar-refractivity contribution >= 4 is 0 Å². The largest absolute Gasteiger partial charge is 0.497 e. The highest BCUT2D eigenvalue weighted by atomic mass is 16.5. The molecule has 1 aromatic carbocycles. The average Bonchev–Trinajstić information content (AvgIpc) is 2.36. The summed E-state index contributed by atoms with van der Waals surface area (Å²) in [4.78, 5) is 0. The molecule has 0 radical (unpaired) electrons. The number of benzene rings is 1. The summed E-state index contributed by atoms with van der Waals surface area (Å²) in [6, 6.07) is 8.25. The number of hydrogen-bond acceptors (Lipinski definition) is 3.